The lowest BCUT2D eigenvalue weighted by Gasteiger charge is -2.32. The van der Waals surface area contributed by atoms with Gasteiger partial charge >= 0.3 is 0 Å². The molecule has 1 aromatic carbocycles. The largest absolute Gasteiger partial charge is 0.494 e. The molecule has 1 fully saturated rings. The molecular formula is C23H31N5O2. The van der Waals surface area contributed by atoms with Gasteiger partial charge in [0.2, 0.25) is 5.88 Å². The van der Waals surface area contributed by atoms with E-state index in [1.165, 1.54) is 12.8 Å². The Morgan fingerprint density at radius 2 is 2.03 bits per heavy atom. The molecule has 3 aromatic rings. The first-order valence-corrected chi connectivity index (χ1v) is 10.9. The monoisotopic (exact) mass is 409 g/mol. The minimum Gasteiger partial charge on any atom is -0.494 e. The maximum Gasteiger partial charge on any atom is 0.222 e. The van der Waals surface area contributed by atoms with Crippen LogP contribution in [0.25, 0.3) is 5.65 Å². The van der Waals surface area contributed by atoms with Crippen LogP contribution in [0.5, 0.6) is 11.6 Å². The average Bonchev–Trinajstić information content (AvgIpc) is 3.22. The summed E-state index contributed by atoms with van der Waals surface area (Å²) < 4.78 is 13.8. The fourth-order valence-corrected chi connectivity index (χ4v) is 4.07. The second kappa shape index (κ2) is 9.34. The van der Waals surface area contributed by atoms with Crippen LogP contribution >= 0.6 is 0 Å². The topological polar surface area (TPSA) is 72.7 Å². The summed E-state index contributed by atoms with van der Waals surface area (Å²) >= 11 is 0. The highest BCUT2D eigenvalue weighted by Gasteiger charge is 2.27. The molecule has 0 bridgehead atoms. The maximum absolute atomic E-state index is 6.48. The number of piperidine rings is 1. The van der Waals surface area contributed by atoms with E-state index in [-0.39, 0.29) is 6.10 Å². The molecule has 2 N–H and O–H groups in total. The van der Waals surface area contributed by atoms with Crippen LogP contribution in [0.2, 0.25) is 0 Å². The smallest absolute Gasteiger partial charge is 0.222 e. The van der Waals surface area contributed by atoms with Gasteiger partial charge in [0, 0.05) is 18.3 Å². The molecule has 0 radical (unpaired) electrons. The fourth-order valence-electron chi connectivity index (χ4n) is 4.07. The molecule has 160 valence electrons. The van der Waals surface area contributed by atoms with E-state index in [1.54, 1.807) is 6.20 Å². The van der Waals surface area contributed by atoms with Crippen LogP contribution in [-0.4, -0.2) is 40.4 Å². The van der Waals surface area contributed by atoms with Crippen molar-refractivity contribution >= 4 is 17.2 Å². The van der Waals surface area contributed by atoms with Gasteiger partial charge in [-0.05, 0) is 63.4 Å². The summed E-state index contributed by atoms with van der Waals surface area (Å²) in [4.78, 5) is 4.75. The van der Waals surface area contributed by atoms with Gasteiger partial charge in [0.15, 0.2) is 5.65 Å². The molecule has 2 aromatic heterocycles. The summed E-state index contributed by atoms with van der Waals surface area (Å²) in [6, 6.07) is 9.83. The SMILES string of the molecule is CCCC1CCNC[C@H]1Oc1nc2ccnn2c(Nc2ccc(OCC)cc2)c1C. The van der Waals surface area contributed by atoms with Crippen molar-refractivity contribution in [3.8, 4) is 11.6 Å². The maximum atomic E-state index is 6.48. The third-order valence-electron chi connectivity index (χ3n) is 5.64. The van der Waals surface area contributed by atoms with Crippen LogP contribution in [0.1, 0.15) is 38.7 Å². The summed E-state index contributed by atoms with van der Waals surface area (Å²) in [6.45, 7) is 8.82. The zero-order valence-corrected chi connectivity index (χ0v) is 18.0. The molecule has 7 heteroatoms. The van der Waals surface area contributed by atoms with Crippen LogP contribution in [0.3, 0.4) is 0 Å². The second-order valence-corrected chi connectivity index (χ2v) is 7.77. The van der Waals surface area contributed by atoms with Gasteiger partial charge in [-0.15, -0.1) is 0 Å². The normalized spacial score (nSPS) is 19.0. The van der Waals surface area contributed by atoms with Gasteiger partial charge in [-0.2, -0.15) is 14.6 Å². The van der Waals surface area contributed by atoms with Gasteiger partial charge in [0.05, 0.1) is 18.4 Å². The first-order valence-electron chi connectivity index (χ1n) is 10.9. The van der Waals surface area contributed by atoms with Crippen LogP contribution < -0.4 is 20.1 Å². The second-order valence-electron chi connectivity index (χ2n) is 7.77. The lowest BCUT2D eigenvalue weighted by molar-refractivity contribution is 0.0938. The standard InChI is InChI=1S/C23H31N5O2/c1-4-6-17-11-13-24-15-20(17)30-23-16(3)22(28-21(27-23)12-14-25-28)26-18-7-9-19(10-8-18)29-5-2/h7-10,12,14,17,20,24,26H,4-6,11,13,15H2,1-3H3/t17?,20-/m1/s1. The van der Waals surface area contributed by atoms with Gasteiger partial charge < -0.3 is 20.1 Å². The molecule has 1 aliphatic rings. The predicted octanol–water partition coefficient (Wildman–Crippen LogP) is 4.34. The Kier molecular flexibility index (Phi) is 6.38. The zero-order valence-electron chi connectivity index (χ0n) is 18.0. The lowest BCUT2D eigenvalue weighted by Crippen LogP contribution is -2.44. The Bertz CT molecular complexity index is 968. The molecule has 4 rings (SSSR count). The average molecular weight is 410 g/mol. The Morgan fingerprint density at radius 3 is 2.80 bits per heavy atom. The van der Waals surface area contributed by atoms with Crippen LogP contribution in [0.4, 0.5) is 11.5 Å². The zero-order chi connectivity index (χ0) is 20.9. The number of fused-ring (bicyclic) bond motifs is 1. The number of hydrogen-bond acceptors (Lipinski definition) is 6. The molecule has 30 heavy (non-hydrogen) atoms. The van der Waals surface area contributed by atoms with Gasteiger partial charge in [-0.1, -0.05) is 13.3 Å². The number of anilines is 2. The first kappa shape index (κ1) is 20.5. The van der Waals surface area contributed by atoms with E-state index >= 15 is 0 Å². The Balaban J connectivity index is 1.63. The van der Waals surface area contributed by atoms with Crippen molar-refractivity contribution in [3.63, 3.8) is 0 Å². The summed E-state index contributed by atoms with van der Waals surface area (Å²) in [5, 5.41) is 11.4. The third kappa shape index (κ3) is 4.36. The van der Waals surface area contributed by atoms with Crippen molar-refractivity contribution in [1.82, 2.24) is 19.9 Å². The van der Waals surface area contributed by atoms with E-state index < -0.39 is 0 Å². The molecule has 1 unspecified atom stereocenters. The molecule has 1 aliphatic heterocycles. The number of hydrogen-bond donors (Lipinski definition) is 2. The van der Waals surface area contributed by atoms with Crippen molar-refractivity contribution in [1.29, 1.82) is 0 Å². The van der Waals surface area contributed by atoms with Gasteiger partial charge in [0.25, 0.3) is 0 Å². The van der Waals surface area contributed by atoms with Gasteiger partial charge in [-0.25, -0.2) is 0 Å². The van der Waals surface area contributed by atoms with Crippen LogP contribution in [0, 0.1) is 12.8 Å². The van der Waals surface area contributed by atoms with Gasteiger partial charge in [-0.3, -0.25) is 0 Å². The van der Waals surface area contributed by atoms with E-state index in [2.05, 4.69) is 22.7 Å². The number of benzene rings is 1. The van der Waals surface area contributed by atoms with E-state index in [9.17, 15) is 0 Å². The number of nitrogens with zero attached hydrogens (tertiary/aromatic N) is 3. The van der Waals surface area contributed by atoms with Crippen molar-refractivity contribution in [2.24, 2.45) is 5.92 Å². The van der Waals surface area contributed by atoms with Crippen molar-refractivity contribution in [2.45, 2.75) is 46.1 Å². The quantitative estimate of drug-likeness (QED) is 0.577. The van der Waals surface area contributed by atoms with Crippen LogP contribution in [-0.2, 0) is 0 Å². The summed E-state index contributed by atoms with van der Waals surface area (Å²) in [7, 11) is 0. The van der Waals surface area contributed by atoms with Crippen LogP contribution in [0.15, 0.2) is 36.5 Å². The number of ether oxygens (including phenoxy) is 2. The molecule has 2 atom stereocenters. The predicted molar refractivity (Wildman–Crippen MR) is 119 cm³/mol. The van der Waals surface area contributed by atoms with Gasteiger partial charge in [0.1, 0.15) is 17.7 Å². The Morgan fingerprint density at radius 1 is 1.20 bits per heavy atom. The molecule has 0 amide bonds. The van der Waals surface area contributed by atoms with Crippen molar-refractivity contribution in [3.05, 3.63) is 42.1 Å². The highest BCUT2D eigenvalue weighted by atomic mass is 16.5. The number of nitrogens with one attached hydrogen (secondary N) is 2. The minimum absolute atomic E-state index is 0.133. The molecule has 0 aliphatic carbocycles. The summed E-state index contributed by atoms with van der Waals surface area (Å²) in [5.74, 6) is 2.95. The van der Waals surface area contributed by atoms with Crippen molar-refractivity contribution < 1.29 is 9.47 Å². The number of aromatic nitrogens is 3. The molecular weight excluding hydrogens is 378 g/mol. The van der Waals surface area contributed by atoms with E-state index in [4.69, 9.17) is 14.5 Å². The Hall–Kier alpha value is -2.80. The molecule has 3 heterocycles. The molecule has 1 saturated heterocycles. The first-order chi connectivity index (χ1) is 14.7. The lowest BCUT2D eigenvalue weighted by atomic mass is 9.91. The molecule has 0 spiro atoms. The number of rotatable bonds is 8. The van der Waals surface area contributed by atoms with E-state index in [0.29, 0.717) is 18.4 Å². The highest BCUT2D eigenvalue weighted by molar-refractivity contribution is 5.65. The van der Waals surface area contributed by atoms with E-state index in [0.717, 1.165) is 48.0 Å². The third-order valence-corrected chi connectivity index (χ3v) is 5.64. The van der Waals surface area contributed by atoms with E-state index in [1.807, 2.05) is 48.7 Å². The fraction of sp³-hybridized carbons (Fsp3) is 0.478. The summed E-state index contributed by atoms with van der Waals surface area (Å²) in [6.07, 6.45) is 5.38. The molecule has 7 nitrogen and oxygen atoms in total. The minimum atomic E-state index is 0.133. The van der Waals surface area contributed by atoms with Crippen molar-refractivity contribution in [2.75, 3.05) is 25.0 Å². The highest BCUT2D eigenvalue weighted by Crippen LogP contribution is 2.31. The Labute approximate surface area is 177 Å². The summed E-state index contributed by atoms with van der Waals surface area (Å²) in [5.41, 5.74) is 2.67. The molecule has 0 saturated carbocycles.